The fraction of sp³-hybridized carbons (Fsp3) is 0.714. The molecule has 0 aliphatic heterocycles. The molecule has 0 amide bonds. The molecule has 0 aromatic heterocycles. The van der Waals surface area contributed by atoms with Gasteiger partial charge in [-0.15, -0.1) is 0 Å². The lowest BCUT2D eigenvalue weighted by molar-refractivity contribution is 0.344. The molecule has 1 aliphatic carbocycles. The summed E-state index contributed by atoms with van der Waals surface area (Å²) in [5, 5.41) is 1.01. The molecule has 0 aromatic rings. The fourth-order valence-corrected chi connectivity index (χ4v) is 1.32. The Hall–Kier alpha value is -0.0100. The summed E-state index contributed by atoms with van der Waals surface area (Å²) in [4.78, 5) is 2.14. The summed E-state index contributed by atoms with van der Waals surface area (Å²) in [5.74, 6) is 0. The lowest BCUT2D eigenvalue weighted by atomic mass is 10.1. The van der Waals surface area contributed by atoms with Gasteiger partial charge in [0.05, 0.1) is 0 Å². The number of hydrogen-bond acceptors (Lipinski definition) is 1. The Morgan fingerprint density at radius 3 is 2.22 bits per heavy atom. The molecule has 0 saturated heterocycles. The van der Waals surface area contributed by atoms with Crippen LogP contribution in [0.15, 0.2) is 11.1 Å². The van der Waals surface area contributed by atoms with E-state index in [1.165, 1.54) is 0 Å². The summed E-state index contributed by atoms with van der Waals surface area (Å²) in [5.41, 5.74) is 0.213. The molecule has 0 spiro atoms. The minimum atomic E-state index is 0.213. The molecule has 0 radical (unpaired) electrons. The molecular formula is C7H12ClN. The topological polar surface area (TPSA) is 3.24 Å². The van der Waals surface area contributed by atoms with Crippen molar-refractivity contribution in [1.82, 2.24) is 4.90 Å². The van der Waals surface area contributed by atoms with E-state index in [1.54, 1.807) is 0 Å². The summed E-state index contributed by atoms with van der Waals surface area (Å²) in [6.07, 6.45) is 2.09. The molecule has 52 valence electrons. The van der Waals surface area contributed by atoms with Gasteiger partial charge in [-0.25, -0.2) is 0 Å². The standard InChI is InChI=1S/C7H12ClN/c1-7(4-6(7)8)5-9(2)3/h4H,5H2,1-3H3. The molecule has 0 saturated carbocycles. The summed E-state index contributed by atoms with van der Waals surface area (Å²) in [6, 6.07) is 0. The molecule has 1 unspecified atom stereocenters. The second kappa shape index (κ2) is 1.99. The van der Waals surface area contributed by atoms with E-state index in [-0.39, 0.29) is 5.41 Å². The van der Waals surface area contributed by atoms with Gasteiger partial charge in [0.25, 0.3) is 0 Å². The Morgan fingerprint density at radius 2 is 2.11 bits per heavy atom. The van der Waals surface area contributed by atoms with Crippen molar-refractivity contribution in [1.29, 1.82) is 0 Å². The van der Waals surface area contributed by atoms with E-state index in [1.807, 2.05) is 0 Å². The highest BCUT2D eigenvalue weighted by Gasteiger charge is 2.37. The average molecular weight is 146 g/mol. The van der Waals surface area contributed by atoms with Gasteiger partial charge in [0.2, 0.25) is 0 Å². The maximum absolute atomic E-state index is 5.77. The van der Waals surface area contributed by atoms with E-state index in [0.29, 0.717) is 0 Å². The van der Waals surface area contributed by atoms with E-state index in [4.69, 9.17) is 11.6 Å². The van der Waals surface area contributed by atoms with Gasteiger partial charge >= 0.3 is 0 Å². The van der Waals surface area contributed by atoms with Gasteiger partial charge < -0.3 is 4.90 Å². The molecule has 9 heavy (non-hydrogen) atoms. The zero-order chi connectivity index (χ0) is 7.07. The SMILES string of the molecule is CN(C)CC1(C)C=C1Cl. The van der Waals surface area contributed by atoms with Crippen molar-refractivity contribution in [2.24, 2.45) is 5.41 Å². The molecule has 0 N–H and O–H groups in total. The average Bonchev–Trinajstić information content (AvgIpc) is 2.10. The molecule has 0 heterocycles. The first-order chi connectivity index (χ1) is 4.04. The van der Waals surface area contributed by atoms with E-state index in [0.717, 1.165) is 11.6 Å². The van der Waals surface area contributed by atoms with Crippen molar-refractivity contribution >= 4 is 11.6 Å². The number of rotatable bonds is 2. The maximum atomic E-state index is 5.77. The Morgan fingerprint density at radius 1 is 1.67 bits per heavy atom. The first-order valence-electron chi connectivity index (χ1n) is 3.08. The van der Waals surface area contributed by atoms with Crippen LogP contribution in [0, 0.1) is 5.41 Å². The minimum Gasteiger partial charge on any atom is -0.308 e. The van der Waals surface area contributed by atoms with Crippen LogP contribution < -0.4 is 0 Å². The second-order valence-electron chi connectivity index (χ2n) is 3.15. The normalized spacial score (nSPS) is 32.8. The maximum Gasteiger partial charge on any atom is 0.0350 e. The number of nitrogens with zero attached hydrogens (tertiary/aromatic N) is 1. The van der Waals surface area contributed by atoms with E-state index in [2.05, 4.69) is 32.0 Å². The first kappa shape index (κ1) is 7.10. The van der Waals surface area contributed by atoms with Gasteiger partial charge in [0.1, 0.15) is 0 Å². The van der Waals surface area contributed by atoms with Crippen LogP contribution in [-0.2, 0) is 0 Å². The molecule has 1 aliphatic rings. The summed E-state index contributed by atoms with van der Waals surface area (Å²) < 4.78 is 0. The van der Waals surface area contributed by atoms with Crippen LogP contribution >= 0.6 is 11.6 Å². The number of halogens is 1. The van der Waals surface area contributed by atoms with Crippen LogP contribution in [0.25, 0.3) is 0 Å². The largest absolute Gasteiger partial charge is 0.308 e. The molecule has 1 nitrogen and oxygen atoms in total. The third kappa shape index (κ3) is 1.46. The van der Waals surface area contributed by atoms with E-state index in [9.17, 15) is 0 Å². The summed E-state index contributed by atoms with van der Waals surface area (Å²) in [6.45, 7) is 3.18. The summed E-state index contributed by atoms with van der Waals surface area (Å²) in [7, 11) is 4.11. The van der Waals surface area contributed by atoms with Crippen molar-refractivity contribution in [2.75, 3.05) is 20.6 Å². The minimum absolute atomic E-state index is 0.213. The van der Waals surface area contributed by atoms with Crippen LogP contribution in [-0.4, -0.2) is 25.5 Å². The third-order valence-corrected chi connectivity index (χ3v) is 2.09. The van der Waals surface area contributed by atoms with E-state index >= 15 is 0 Å². The van der Waals surface area contributed by atoms with Crippen LogP contribution in [0.2, 0.25) is 0 Å². The Kier molecular flexibility index (Phi) is 1.57. The van der Waals surface area contributed by atoms with Crippen LogP contribution in [0.1, 0.15) is 6.92 Å². The molecule has 0 aromatic carbocycles. The Bertz CT molecular complexity index is 151. The van der Waals surface area contributed by atoms with Gasteiger partial charge in [0, 0.05) is 17.0 Å². The lowest BCUT2D eigenvalue weighted by Gasteiger charge is -2.15. The van der Waals surface area contributed by atoms with Gasteiger partial charge in [-0.1, -0.05) is 17.7 Å². The predicted molar refractivity (Wildman–Crippen MR) is 40.6 cm³/mol. The Balaban J connectivity index is 2.31. The van der Waals surface area contributed by atoms with Crippen molar-refractivity contribution in [3.63, 3.8) is 0 Å². The Labute approximate surface area is 61.3 Å². The number of hydrogen-bond donors (Lipinski definition) is 0. The molecule has 1 rings (SSSR count). The molecular weight excluding hydrogens is 134 g/mol. The second-order valence-corrected chi connectivity index (χ2v) is 3.55. The van der Waals surface area contributed by atoms with Gasteiger partial charge in [-0.05, 0) is 21.0 Å². The molecule has 2 heteroatoms. The van der Waals surface area contributed by atoms with Gasteiger partial charge in [-0.2, -0.15) is 0 Å². The highest BCUT2D eigenvalue weighted by Crippen LogP contribution is 2.46. The zero-order valence-electron chi connectivity index (χ0n) is 6.11. The zero-order valence-corrected chi connectivity index (χ0v) is 6.87. The first-order valence-corrected chi connectivity index (χ1v) is 3.46. The third-order valence-electron chi connectivity index (χ3n) is 1.55. The molecule has 0 bridgehead atoms. The van der Waals surface area contributed by atoms with Crippen LogP contribution in [0.4, 0.5) is 0 Å². The molecule has 0 fully saturated rings. The van der Waals surface area contributed by atoms with Gasteiger partial charge in [0.15, 0.2) is 0 Å². The van der Waals surface area contributed by atoms with Crippen molar-refractivity contribution in [3.8, 4) is 0 Å². The predicted octanol–water partition coefficient (Wildman–Crippen LogP) is 1.69. The lowest BCUT2D eigenvalue weighted by Crippen LogP contribution is -2.22. The smallest absolute Gasteiger partial charge is 0.0350 e. The fourth-order valence-electron chi connectivity index (χ4n) is 1.02. The monoisotopic (exact) mass is 145 g/mol. The summed E-state index contributed by atoms with van der Waals surface area (Å²) >= 11 is 5.77. The molecule has 1 atom stereocenters. The van der Waals surface area contributed by atoms with Gasteiger partial charge in [-0.3, -0.25) is 0 Å². The van der Waals surface area contributed by atoms with Crippen molar-refractivity contribution < 1.29 is 0 Å². The van der Waals surface area contributed by atoms with Crippen molar-refractivity contribution in [3.05, 3.63) is 11.1 Å². The van der Waals surface area contributed by atoms with E-state index < -0.39 is 0 Å². The van der Waals surface area contributed by atoms with Crippen LogP contribution in [0.3, 0.4) is 0 Å². The van der Waals surface area contributed by atoms with Crippen LogP contribution in [0.5, 0.6) is 0 Å². The van der Waals surface area contributed by atoms with Crippen molar-refractivity contribution in [2.45, 2.75) is 6.92 Å². The highest BCUT2D eigenvalue weighted by molar-refractivity contribution is 6.33. The quantitative estimate of drug-likeness (QED) is 0.572. The highest BCUT2D eigenvalue weighted by atomic mass is 35.5.